The van der Waals surface area contributed by atoms with Crippen molar-refractivity contribution in [3.8, 4) is 17.3 Å². The van der Waals surface area contributed by atoms with Crippen molar-refractivity contribution in [3.05, 3.63) is 47.0 Å². The highest BCUT2D eigenvalue weighted by Gasteiger charge is 2.05. The molecule has 0 unspecified atom stereocenters. The molecule has 5 nitrogen and oxygen atoms in total. The van der Waals surface area contributed by atoms with Crippen LogP contribution in [0.15, 0.2) is 41.5 Å². The van der Waals surface area contributed by atoms with Crippen LogP contribution in [0.2, 0.25) is 0 Å². The summed E-state index contributed by atoms with van der Waals surface area (Å²) in [7, 11) is 3.01. The molecule has 0 bridgehead atoms. The summed E-state index contributed by atoms with van der Waals surface area (Å²) in [5, 5.41) is 0. The zero-order valence-corrected chi connectivity index (χ0v) is 9.58. The first kappa shape index (κ1) is 11.2. The molecular weight excluding hydrogens is 220 g/mol. The van der Waals surface area contributed by atoms with E-state index in [0.717, 1.165) is 11.4 Å². The zero-order chi connectivity index (χ0) is 12.3. The number of ether oxygens (including phenoxy) is 2. The molecule has 88 valence electrons. The molecule has 0 aliphatic heterocycles. The monoisotopic (exact) mass is 232 g/mol. The summed E-state index contributed by atoms with van der Waals surface area (Å²) < 4.78 is 11.4. The Morgan fingerprint density at radius 3 is 2.41 bits per heavy atom. The van der Waals surface area contributed by atoms with Crippen LogP contribution in [0.3, 0.4) is 0 Å². The van der Waals surface area contributed by atoms with Gasteiger partial charge < -0.3 is 9.47 Å². The number of rotatable bonds is 3. The maximum atomic E-state index is 11.9. The van der Waals surface area contributed by atoms with E-state index in [2.05, 4.69) is 4.98 Å². The van der Waals surface area contributed by atoms with E-state index < -0.39 is 0 Å². The molecule has 5 heteroatoms. The fourth-order valence-electron chi connectivity index (χ4n) is 1.48. The van der Waals surface area contributed by atoms with Gasteiger partial charge in [0, 0.05) is 18.1 Å². The van der Waals surface area contributed by atoms with Crippen LogP contribution in [-0.4, -0.2) is 23.8 Å². The second kappa shape index (κ2) is 4.69. The minimum absolute atomic E-state index is 0.0725. The van der Waals surface area contributed by atoms with Crippen molar-refractivity contribution in [2.24, 2.45) is 0 Å². The molecule has 0 aliphatic rings. The van der Waals surface area contributed by atoms with Crippen LogP contribution in [-0.2, 0) is 0 Å². The van der Waals surface area contributed by atoms with Gasteiger partial charge in [0.15, 0.2) is 0 Å². The van der Waals surface area contributed by atoms with E-state index >= 15 is 0 Å². The third-order valence-electron chi connectivity index (χ3n) is 2.35. The van der Waals surface area contributed by atoms with E-state index in [1.54, 1.807) is 37.6 Å². The van der Waals surface area contributed by atoms with Crippen LogP contribution in [0.5, 0.6) is 11.6 Å². The van der Waals surface area contributed by atoms with E-state index in [-0.39, 0.29) is 11.4 Å². The lowest BCUT2D eigenvalue weighted by Crippen LogP contribution is -2.20. The fraction of sp³-hybridized carbons (Fsp3) is 0.167. The molecule has 0 amide bonds. The molecule has 0 radical (unpaired) electrons. The predicted octanol–water partition coefficient (Wildman–Crippen LogP) is 1.25. The first-order chi connectivity index (χ1) is 8.26. The summed E-state index contributed by atoms with van der Waals surface area (Å²) in [5.74, 6) is 0.811. The second-order valence-electron chi connectivity index (χ2n) is 3.31. The van der Waals surface area contributed by atoms with Gasteiger partial charge in [0.25, 0.3) is 5.88 Å². The second-order valence-corrected chi connectivity index (χ2v) is 3.31. The van der Waals surface area contributed by atoms with Gasteiger partial charge in [-0.2, -0.15) is 0 Å². The lowest BCUT2D eigenvalue weighted by atomic mass is 10.3. The Hall–Kier alpha value is -2.30. The third kappa shape index (κ3) is 2.13. The molecule has 0 spiro atoms. The maximum absolute atomic E-state index is 11.9. The molecule has 0 atom stereocenters. The number of hydrogen-bond acceptors (Lipinski definition) is 4. The summed E-state index contributed by atoms with van der Waals surface area (Å²) in [6.07, 6.45) is 3.11. The van der Waals surface area contributed by atoms with E-state index in [1.807, 2.05) is 0 Å². The fourth-order valence-corrected chi connectivity index (χ4v) is 1.48. The average molecular weight is 232 g/mol. The van der Waals surface area contributed by atoms with E-state index in [4.69, 9.17) is 9.47 Å². The number of methoxy groups -OCH3 is 2. The van der Waals surface area contributed by atoms with Crippen molar-refractivity contribution in [1.82, 2.24) is 9.55 Å². The van der Waals surface area contributed by atoms with E-state index in [0.29, 0.717) is 0 Å². The first-order valence-electron chi connectivity index (χ1n) is 5.02. The summed E-state index contributed by atoms with van der Waals surface area (Å²) in [5.41, 5.74) is 0.441. The van der Waals surface area contributed by atoms with Crippen LogP contribution in [0.25, 0.3) is 5.69 Å². The highest BCUT2D eigenvalue weighted by Crippen LogP contribution is 2.13. The predicted molar refractivity (Wildman–Crippen MR) is 62.9 cm³/mol. The average Bonchev–Trinajstić information content (AvgIpc) is 2.39. The third-order valence-corrected chi connectivity index (χ3v) is 2.35. The summed E-state index contributed by atoms with van der Waals surface area (Å²) in [6, 6.07) is 7.16. The van der Waals surface area contributed by atoms with Crippen molar-refractivity contribution in [2.75, 3.05) is 14.2 Å². The standard InChI is InChI=1S/C12H12N2O3/c1-16-10-5-3-9(4-6-10)14-8-7-13-11(17-2)12(14)15/h3-8H,1-2H3. The lowest BCUT2D eigenvalue weighted by molar-refractivity contribution is 0.388. The largest absolute Gasteiger partial charge is 0.497 e. The zero-order valence-electron chi connectivity index (χ0n) is 9.58. The smallest absolute Gasteiger partial charge is 0.317 e. The molecule has 2 aromatic rings. The molecule has 0 saturated carbocycles. The van der Waals surface area contributed by atoms with Crippen molar-refractivity contribution < 1.29 is 9.47 Å². The summed E-state index contributed by atoms with van der Waals surface area (Å²) in [6.45, 7) is 0. The van der Waals surface area contributed by atoms with Crippen LogP contribution >= 0.6 is 0 Å². The number of aromatic nitrogens is 2. The molecule has 0 aliphatic carbocycles. The van der Waals surface area contributed by atoms with E-state index in [1.165, 1.54) is 17.9 Å². The normalized spacial score (nSPS) is 10.0. The van der Waals surface area contributed by atoms with Gasteiger partial charge in [-0.25, -0.2) is 4.98 Å². The first-order valence-corrected chi connectivity index (χ1v) is 5.02. The number of benzene rings is 1. The van der Waals surface area contributed by atoms with Crippen molar-refractivity contribution in [1.29, 1.82) is 0 Å². The highest BCUT2D eigenvalue weighted by molar-refractivity contribution is 5.37. The SMILES string of the molecule is COc1ccc(-n2ccnc(OC)c2=O)cc1. The van der Waals surface area contributed by atoms with Gasteiger partial charge in [-0.3, -0.25) is 9.36 Å². The van der Waals surface area contributed by atoms with Crippen LogP contribution < -0.4 is 15.0 Å². The molecule has 0 saturated heterocycles. The molecule has 1 heterocycles. The van der Waals surface area contributed by atoms with Crippen LogP contribution in [0.4, 0.5) is 0 Å². The topological polar surface area (TPSA) is 53.4 Å². The lowest BCUT2D eigenvalue weighted by Gasteiger charge is -2.07. The van der Waals surface area contributed by atoms with Gasteiger partial charge in [-0.05, 0) is 24.3 Å². The maximum Gasteiger partial charge on any atom is 0.317 e. The van der Waals surface area contributed by atoms with Gasteiger partial charge >= 0.3 is 5.56 Å². The minimum atomic E-state index is -0.292. The van der Waals surface area contributed by atoms with Crippen molar-refractivity contribution in [2.45, 2.75) is 0 Å². The van der Waals surface area contributed by atoms with Crippen LogP contribution in [0, 0.1) is 0 Å². The number of hydrogen-bond donors (Lipinski definition) is 0. The van der Waals surface area contributed by atoms with Gasteiger partial charge in [-0.1, -0.05) is 0 Å². The molecule has 2 rings (SSSR count). The minimum Gasteiger partial charge on any atom is -0.497 e. The summed E-state index contributed by atoms with van der Waals surface area (Å²) in [4.78, 5) is 15.7. The highest BCUT2D eigenvalue weighted by atomic mass is 16.5. The van der Waals surface area contributed by atoms with Crippen molar-refractivity contribution >= 4 is 0 Å². The van der Waals surface area contributed by atoms with Crippen LogP contribution in [0.1, 0.15) is 0 Å². The van der Waals surface area contributed by atoms with Gasteiger partial charge in [-0.15, -0.1) is 0 Å². The Kier molecular flexibility index (Phi) is 3.09. The Morgan fingerprint density at radius 1 is 1.12 bits per heavy atom. The molecule has 0 fully saturated rings. The number of nitrogens with zero attached hydrogens (tertiary/aromatic N) is 2. The summed E-state index contributed by atoms with van der Waals surface area (Å²) >= 11 is 0. The van der Waals surface area contributed by atoms with Gasteiger partial charge in [0.2, 0.25) is 0 Å². The van der Waals surface area contributed by atoms with E-state index in [9.17, 15) is 4.79 Å². The Morgan fingerprint density at radius 2 is 1.82 bits per heavy atom. The Labute approximate surface area is 98.3 Å². The molecule has 17 heavy (non-hydrogen) atoms. The van der Waals surface area contributed by atoms with Crippen molar-refractivity contribution in [3.63, 3.8) is 0 Å². The molecule has 1 aromatic heterocycles. The quantitative estimate of drug-likeness (QED) is 0.799. The van der Waals surface area contributed by atoms with Gasteiger partial charge in [0.1, 0.15) is 5.75 Å². The Balaban J connectivity index is 2.49. The molecule has 0 N–H and O–H groups in total. The molecule has 1 aromatic carbocycles. The molecular formula is C12H12N2O3. The Bertz CT molecular complexity index is 561. The van der Waals surface area contributed by atoms with Gasteiger partial charge in [0.05, 0.1) is 14.2 Å².